The molecule has 0 amide bonds. The maximum absolute atomic E-state index is 6.04. The van der Waals surface area contributed by atoms with Crippen LogP contribution in [0.1, 0.15) is 5.56 Å². The number of piperazine rings is 1. The number of benzene rings is 2. The van der Waals surface area contributed by atoms with E-state index in [0.29, 0.717) is 22.5 Å². The number of H-pyrrole nitrogens is 1. The Hall–Kier alpha value is -3.13. The molecule has 5 rings (SSSR count). The van der Waals surface area contributed by atoms with Crippen LogP contribution in [0.5, 0.6) is 5.88 Å². The summed E-state index contributed by atoms with van der Waals surface area (Å²) in [6.45, 7) is 5.44. The number of methoxy groups -OCH3 is 1. The van der Waals surface area contributed by atoms with Crippen molar-refractivity contribution in [2.24, 2.45) is 0 Å². The molecule has 4 aromatic rings. The Balaban J connectivity index is 1.34. The fourth-order valence-corrected chi connectivity index (χ4v) is 4.27. The summed E-state index contributed by atoms with van der Waals surface area (Å²) in [6.07, 6.45) is 1.92. The highest BCUT2D eigenvalue weighted by Gasteiger charge is 2.17. The molecule has 7 nitrogen and oxygen atoms in total. The molecule has 33 heavy (non-hydrogen) atoms. The largest absolute Gasteiger partial charge is 0.480 e. The highest BCUT2D eigenvalue weighted by Crippen LogP contribution is 2.35. The molecule has 0 spiro atoms. The van der Waals surface area contributed by atoms with Crippen LogP contribution < -0.4 is 10.1 Å². The predicted octanol–water partition coefficient (Wildman–Crippen LogP) is 4.78. The Morgan fingerprint density at radius 3 is 2.42 bits per heavy atom. The first kappa shape index (κ1) is 21.7. The Morgan fingerprint density at radius 1 is 1.00 bits per heavy atom. The summed E-state index contributed by atoms with van der Waals surface area (Å²) >= 11 is 6.04. The number of nitrogens with one attached hydrogen (secondary N) is 2. The minimum Gasteiger partial charge on any atom is -0.480 e. The molecule has 3 heterocycles. The highest BCUT2D eigenvalue weighted by atomic mass is 35.5. The number of anilines is 2. The van der Waals surface area contributed by atoms with Gasteiger partial charge < -0.3 is 19.9 Å². The molecule has 1 aliphatic rings. The molecule has 1 saturated heterocycles. The molecule has 0 atom stereocenters. The number of likely N-dealkylation sites (N-methyl/N-ethyl adjacent to an activating group) is 1. The van der Waals surface area contributed by atoms with Crippen molar-refractivity contribution < 1.29 is 4.74 Å². The van der Waals surface area contributed by atoms with E-state index in [1.165, 1.54) is 5.56 Å². The average Bonchev–Trinajstić information content (AvgIpc) is 3.26. The Labute approximate surface area is 198 Å². The van der Waals surface area contributed by atoms with E-state index in [9.17, 15) is 0 Å². The van der Waals surface area contributed by atoms with Gasteiger partial charge in [0.1, 0.15) is 5.65 Å². The Bertz CT molecular complexity index is 1230. The minimum atomic E-state index is 0.482. The summed E-state index contributed by atoms with van der Waals surface area (Å²) < 4.78 is 5.62. The lowest BCUT2D eigenvalue weighted by Crippen LogP contribution is -2.43. The van der Waals surface area contributed by atoms with Gasteiger partial charge in [-0.3, -0.25) is 4.90 Å². The van der Waals surface area contributed by atoms with Gasteiger partial charge in [-0.1, -0.05) is 35.9 Å². The summed E-state index contributed by atoms with van der Waals surface area (Å²) in [6, 6.07) is 16.1. The van der Waals surface area contributed by atoms with Crippen molar-refractivity contribution in [2.45, 2.75) is 6.54 Å². The second-order valence-corrected chi connectivity index (χ2v) is 8.83. The van der Waals surface area contributed by atoms with E-state index in [1.54, 1.807) is 7.11 Å². The lowest BCUT2D eigenvalue weighted by atomic mass is 10.1. The maximum atomic E-state index is 6.04. The van der Waals surface area contributed by atoms with E-state index in [-0.39, 0.29) is 0 Å². The molecule has 0 unspecified atom stereocenters. The lowest BCUT2D eigenvalue weighted by molar-refractivity contribution is 0.148. The lowest BCUT2D eigenvalue weighted by Gasteiger charge is -2.32. The number of aromatic amines is 1. The quantitative estimate of drug-likeness (QED) is 0.430. The van der Waals surface area contributed by atoms with Crippen LogP contribution in [0.15, 0.2) is 54.7 Å². The first-order valence-corrected chi connectivity index (χ1v) is 11.4. The zero-order chi connectivity index (χ0) is 22.8. The van der Waals surface area contributed by atoms with Gasteiger partial charge in [-0.15, -0.1) is 0 Å². The van der Waals surface area contributed by atoms with Crippen LogP contribution in [0, 0.1) is 0 Å². The number of fused-ring (bicyclic) bond motifs is 1. The first-order chi connectivity index (χ1) is 16.1. The third kappa shape index (κ3) is 4.80. The Morgan fingerprint density at radius 2 is 1.73 bits per heavy atom. The maximum Gasteiger partial charge on any atom is 0.232 e. The van der Waals surface area contributed by atoms with Gasteiger partial charge in [0.2, 0.25) is 11.8 Å². The third-order valence-electron chi connectivity index (χ3n) is 6.06. The van der Waals surface area contributed by atoms with E-state index in [0.717, 1.165) is 54.9 Å². The van der Waals surface area contributed by atoms with E-state index in [1.807, 2.05) is 30.5 Å². The molecule has 1 aliphatic heterocycles. The predicted molar refractivity (Wildman–Crippen MR) is 133 cm³/mol. The number of nitrogens with zero attached hydrogens (tertiary/aromatic N) is 4. The van der Waals surface area contributed by atoms with Crippen LogP contribution in [-0.2, 0) is 6.54 Å². The topological polar surface area (TPSA) is 69.3 Å². The van der Waals surface area contributed by atoms with Gasteiger partial charge >= 0.3 is 0 Å². The zero-order valence-electron chi connectivity index (χ0n) is 18.8. The van der Waals surface area contributed by atoms with Crippen LogP contribution in [-0.4, -0.2) is 65.1 Å². The van der Waals surface area contributed by atoms with Crippen molar-refractivity contribution in [3.8, 4) is 17.0 Å². The summed E-state index contributed by atoms with van der Waals surface area (Å²) in [5, 5.41) is 4.84. The molecule has 0 radical (unpaired) electrons. The van der Waals surface area contributed by atoms with Gasteiger partial charge in [0, 0.05) is 55.2 Å². The third-order valence-corrected chi connectivity index (χ3v) is 6.31. The number of rotatable bonds is 6. The standard InChI is InChI=1S/C25H27ClN6O/c1-31-11-13-32(14-12-31)16-17-3-9-20(10-4-17)28-25-29-23-22(24(30-25)33-2)21(15-27-23)18-5-7-19(26)8-6-18/h3-10,15H,11-14,16H2,1-2H3,(H2,27,28,29,30). The van der Waals surface area contributed by atoms with Gasteiger partial charge in [0.15, 0.2) is 0 Å². The first-order valence-electron chi connectivity index (χ1n) is 11.0. The molecule has 2 aromatic carbocycles. The highest BCUT2D eigenvalue weighted by molar-refractivity contribution is 6.30. The second-order valence-electron chi connectivity index (χ2n) is 8.39. The van der Waals surface area contributed by atoms with Crippen LogP contribution in [0.4, 0.5) is 11.6 Å². The molecule has 2 N–H and O–H groups in total. The Kier molecular flexibility index (Phi) is 6.17. The molecule has 8 heteroatoms. The molecule has 2 aromatic heterocycles. The summed E-state index contributed by atoms with van der Waals surface area (Å²) in [5.41, 5.74) is 4.93. The summed E-state index contributed by atoms with van der Waals surface area (Å²) in [5.74, 6) is 0.996. The molecule has 170 valence electrons. The average molecular weight is 463 g/mol. The number of hydrogen-bond donors (Lipinski definition) is 2. The summed E-state index contributed by atoms with van der Waals surface area (Å²) in [4.78, 5) is 17.4. The van der Waals surface area contributed by atoms with Crippen molar-refractivity contribution in [3.05, 3.63) is 65.3 Å². The normalized spacial score (nSPS) is 15.1. The molecule has 0 aliphatic carbocycles. The van der Waals surface area contributed by atoms with Crippen molar-refractivity contribution in [1.82, 2.24) is 24.8 Å². The fourth-order valence-electron chi connectivity index (χ4n) is 4.15. The van der Waals surface area contributed by atoms with Gasteiger partial charge in [0.05, 0.1) is 12.5 Å². The number of aromatic nitrogens is 3. The SMILES string of the molecule is COc1nc(Nc2ccc(CN3CCN(C)CC3)cc2)nc2[nH]cc(-c3ccc(Cl)cc3)c12. The number of hydrogen-bond acceptors (Lipinski definition) is 6. The zero-order valence-corrected chi connectivity index (χ0v) is 19.6. The van der Waals surface area contributed by atoms with Crippen LogP contribution in [0.2, 0.25) is 5.02 Å². The molecular formula is C25H27ClN6O. The van der Waals surface area contributed by atoms with E-state index < -0.39 is 0 Å². The minimum absolute atomic E-state index is 0.482. The van der Waals surface area contributed by atoms with Gasteiger partial charge in [-0.25, -0.2) is 0 Å². The van der Waals surface area contributed by atoms with Crippen LogP contribution in [0.3, 0.4) is 0 Å². The molecule has 0 saturated carbocycles. The van der Waals surface area contributed by atoms with Crippen molar-refractivity contribution in [2.75, 3.05) is 45.7 Å². The molecule has 1 fully saturated rings. The van der Waals surface area contributed by atoms with Crippen molar-refractivity contribution in [3.63, 3.8) is 0 Å². The van der Waals surface area contributed by atoms with Crippen LogP contribution in [0.25, 0.3) is 22.2 Å². The monoisotopic (exact) mass is 462 g/mol. The van der Waals surface area contributed by atoms with Crippen molar-refractivity contribution >= 4 is 34.3 Å². The van der Waals surface area contributed by atoms with E-state index in [4.69, 9.17) is 16.3 Å². The van der Waals surface area contributed by atoms with E-state index in [2.05, 4.69) is 61.4 Å². The van der Waals surface area contributed by atoms with Gasteiger partial charge in [-0.2, -0.15) is 9.97 Å². The smallest absolute Gasteiger partial charge is 0.232 e. The number of halogens is 1. The second kappa shape index (κ2) is 9.39. The fraction of sp³-hybridized carbons (Fsp3) is 0.280. The van der Waals surface area contributed by atoms with Gasteiger partial charge in [-0.05, 0) is 42.4 Å². The summed E-state index contributed by atoms with van der Waals surface area (Å²) in [7, 11) is 3.80. The van der Waals surface area contributed by atoms with Crippen LogP contribution >= 0.6 is 11.6 Å². The molecular weight excluding hydrogens is 436 g/mol. The molecule has 0 bridgehead atoms. The van der Waals surface area contributed by atoms with E-state index >= 15 is 0 Å². The van der Waals surface area contributed by atoms with Crippen molar-refractivity contribution in [1.29, 1.82) is 0 Å². The number of ether oxygens (including phenoxy) is 1. The van der Waals surface area contributed by atoms with Gasteiger partial charge in [0.25, 0.3) is 0 Å².